The minimum atomic E-state index is -1.94. The summed E-state index contributed by atoms with van der Waals surface area (Å²) in [6.45, 7) is 9.52. The molecule has 1 radical (unpaired) electrons. The summed E-state index contributed by atoms with van der Waals surface area (Å²) < 4.78 is 5.60. The second-order valence-electron chi connectivity index (χ2n) is 11.9. The number of ether oxygens (including phenoxy) is 1. The quantitative estimate of drug-likeness (QED) is 0.201. The zero-order chi connectivity index (χ0) is 28.2. The van der Waals surface area contributed by atoms with Crippen LogP contribution >= 0.6 is 24.2 Å². The number of halogens is 1. The van der Waals surface area contributed by atoms with Gasteiger partial charge in [0.05, 0.1) is 0 Å². The first-order chi connectivity index (χ1) is 19.3. The van der Waals surface area contributed by atoms with Crippen molar-refractivity contribution < 1.29 is 9.53 Å². The molecular formula is C36H42BrNO2P. The van der Waals surface area contributed by atoms with E-state index in [-0.39, 0.29) is 23.1 Å². The van der Waals surface area contributed by atoms with Crippen LogP contribution in [-0.2, 0) is 10.9 Å². The zero-order valence-electron chi connectivity index (χ0n) is 24.6. The van der Waals surface area contributed by atoms with Gasteiger partial charge >= 0.3 is 6.09 Å². The Morgan fingerprint density at radius 3 is 1.66 bits per heavy atom. The number of aryl methyl sites for hydroxylation is 1. The van der Waals surface area contributed by atoms with Gasteiger partial charge in [-0.15, -0.1) is 17.0 Å². The molecular weight excluding hydrogens is 589 g/mol. The molecule has 0 atom stereocenters. The van der Waals surface area contributed by atoms with Crippen molar-refractivity contribution in [3.8, 4) is 0 Å². The summed E-state index contributed by atoms with van der Waals surface area (Å²) in [6.07, 6.45) is 2.72. The van der Waals surface area contributed by atoms with Crippen LogP contribution in [0, 0.1) is 6.92 Å². The summed E-state index contributed by atoms with van der Waals surface area (Å²) in [5, 5.41) is 4.22. The van der Waals surface area contributed by atoms with Gasteiger partial charge in [0, 0.05) is 19.3 Å². The molecule has 1 amide bonds. The van der Waals surface area contributed by atoms with Crippen LogP contribution in [0.5, 0.6) is 0 Å². The fraction of sp³-hybridized carbons (Fsp3) is 0.306. The van der Waals surface area contributed by atoms with E-state index in [9.17, 15) is 4.79 Å². The number of rotatable bonds is 6. The molecule has 0 spiro atoms. The Morgan fingerprint density at radius 1 is 0.780 bits per heavy atom. The van der Waals surface area contributed by atoms with Crippen LogP contribution in [0.4, 0.5) is 4.79 Å². The van der Waals surface area contributed by atoms with Gasteiger partial charge in [-0.25, -0.2) is 4.79 Å². The van der Waals surface area contributed by atoms with Crippen molar-refractivity contribution in [3.05, 3.63) is 126 Å². The maximum atomic E-state index is 12.5. The Morgan fingerprint density at radius 2 is 1.24 bits per heavy atom. The lowest BCUT2D eigenvalue weighted by Crippen LogP contribution is -2.41. The van der Waals surface area contributed by atoms with Crippen molar-refractivity contribution >= 4 is 46.3 Å². The molecule has 1 aliphatic heterocycles. The van der Waals surface area contributed by atoms with Gasteiger partial charge in [0.15, 0.2) is 0 Å². The second kappa shape index (κ2) is 13.4. The van der Waals surface area contributed by atoms with Gasteiger partial charge in [0.25, 0.3) is 0 Å². The monoisotopic (exact) mass is 630 g/mol. The summed E-state index contributed by atoms with van der Waals surface area (Å²) in [5.74, 6) is 0.461. The van der Waals surface area contributed by atoms with Crippen LogP contribution < -0.4 is 15.9 Å². The molecule has 41 heavy (non-hydrogen) atoms. The lowest BCUT2D eigenvalue weighted by Gasteiger charge is -2.39. The van der Waals surface area contributed by atoms with Crippen molar-refractivity contribution in [1.82, 2.24) is 4.90 Å². The van der Waals surface area contributed by atoms with Gasteiger partial charge in [0.2, 0.25) is 0 Å². The average Bonchev–Trinajstić information content (AvgIpc) is 2.97. The van der Waals surface area contributed by atoms with Crippen LogP contribution in [0.1, 0.15) is 56.2 Å². The molecule has 0 N–H and O–H groups in total. The van der Waals surface area contributed by atoms with Crippen LogP contribution in [0.2, 0.25) is 0 Å². The van der Waals surface area contributed by atoms with Crippen LogP contribution in [0.25, 0.3) is 0 Å². The minimum Gasteiger partial charge on any atom is -0.444 e. The highest BCUT2D eigenvalue weighted by Gasteiger charge is 2.35. The Kier molecular flexibility index (Phi) is 10.1. The van der Waals surface area contributed by atoms with E-state index in [0.29, 0.717) is 5.92 Å². The number of nitrogens with zero attached hydrogens (tertiary/aromatic N) is 1. The van der Waals surface area contributed by atoms with E-state index in [1.807, 2.05) is 25.7 Å². The van der Waals surface area contributed by atoms with E-state index in [1.165, 1.54) is 32.6 Å². The molecule has 1 fully saturated rings. The second-order valence-corrected chi connectivity index (χ2v) is 15.4. The van der Waals surface area contributed by atoms with E-state index in [0.717, 1.165) is 32.1 Å². The fourth-order valence-corrected chi connectivity index (χ4v) is 10.2. The number of hydrogen-bond donors (Lipinski definition) is 0. The molecule has 0 saturated carbocycles. The normalized spacial score (nSPS) is 14.3. The van der Waals surface area contributed by atoms with Gasteiger partial charge in [-0.3, -0.25) is 0 Å². The molecule has 0 unspecified atom stereocenters. The number of likely N-dealkylation sites (tertiary alicyclic amines) is 1. The number of carbonyl (C=O) groups excluding carboxylic acids is 1. The molecule has 1 saturated heterocycles. The number of carbonyl (C=O) groups is 1. The third kappa shape index (κ3) is 7.11. The predicted molar refractivity (Wildman–Crippen MR) is 180 cm³/mol. The van der Waals surface area contributed by atoms with Gasteiger partial charge in [-0.05, 0) is 86.3 Å². The maximum Gasteiger partial charge on any atom is 0.410 e. The fourth-order valence-electron chi connectivity index (χ4n) is 5.90. The molecule has 4 aromatic carbocycles. The van der Waals surface area contributed by atoms with E-state index in [4.69, 9.17) is 4.74 Å². The highest BCUT2D eigenvalue weighted by atomic mass is 79.9. The van der Waals surface area contributed by atoms with Crippen molar-refractivity contribution in [1.29, 1.82) is 0 Å². The molecule has 215 valence electrons. The predicted octanol–water partition coefficient (Wildman–Crippen LogP) is 8.18. The van der Waals surface area contributed by atoms with Crippen LogP contribution in [-0.4, -0.2) is 29.7 Å². The summed E-state index contributed by atoms with van der Waals surface area (Å²) in [4.78, 5) is 14.4. The SMILES string of the molecule is Br.Cc1cc(C2CCN(C(=O)OC(C)(C)C)CC2)ccc1C[P](c1ccccc1)(c1ccccc1)c1ccccc1. The lowest BCUT2D eigenvalue weighted by atomic mass is 9.88. The van der Waals surface area contributed by atoms with E-state index >= 15 is 0 Å². The highest BCUT2D eigenvalue weighted by Crippen LogP contribution is 2.58. The molecule has 0 aliphatic carbocycles. The molecule has 1 heterocycles. The third-order valence-electron chi connectivity index (χ3n) is 7.98. The number of hydrogen-bond acceptors (Lipinski definition) is 2. The maximum absolute atomic E-state index is 12.5. The van der Waals surface area contributed by atoms with Crippen LogP contribution in [0.15, 0.2) is 109 Å². The van der Waals surface area contributed by atoms with Crippen molar-refractivity contribution in [2.75, 3.05) is 13.1 Å². The summed E-state index contributed by atoms with van der Waals surface area (Å²) in [6, 6.07) is 40.4. The highest BCUT2D eigenvalue weighted by molar-refractivity contribution is 8.93. The summed E-state index contributed by atoms with van der Waals surface area (Å²) in [5.41, 5.74) is 3.67. The average molecular weight is 632 g/mol. The minimum absolute atomic E-state index is 0. The molecule has 0 aromatic heterocycles. The number of benzene rings is 4. The first kappa shape index (κ1) is 31.0. The Hall–Kier alpha value is -2.94. The van der Waals surface area contributed by atoms with Crippen molar-refractivity contribution in [2.45, 2.75) is 58.2 Å². The standard InChI is InChI=1S/C36H41NO2P.BrH/c1-28-26-30(29-22-24-37(25-23-29)35(38)39-36(2,3)4)20-21-31(28)27-40(32-14-8-5-9-15-32,33-16-10-6-11-17-33)34-18-12-7-13-19-34;/h5-21,26,29H,22-25,27H2,1-4H3;1H. The molecule has 0 bridgehead atoms. The molecule has 3 nitrogen and oxygen atoms in total. The Balaban J connectivity index is 0.00000387. The zero-order valence-corrected chi connectivity index (χ0v) is 27.2. The largest absolute Gasteiger partial charge is 0.444 e. The van der Waals surface area contributed by atoms with Gasteiger partial charge < -0.3 is 9.64 Å². The number of amides is 1. The summed E-state index contributed by atoms with van der Waals surface area (Å²) >= 11 is 0. The lowest BCUT2D eigenvalue weighted by molar-refractivity contribution is 0.0205. The van der Waals surface area contributed by atoms with E-state index < -0.39 is 12.9 Å². The first-order valence-corrected chi connectivity index (χ1v) is 16.4. The van der Waals surface area contributed by atoms with Gasteiger partial charge in [0.1, 0.15) is 5.60 Å². The van der Waals surface area contributed by atoms with Gasteiger partial charge in [-0.1, -0.05) is 109 Å². The molecule has 5 rings (SSSR count). The smallest absolute Gasteiger partial charge is 0.410 e. The van der Waals surface area contributed by atoms with E-state index in [2.05, 4.69) is 116 Å². The summed E-state index contributed by atoms with van der Waals surface area (Å²) in [7, 11) is -1.94. The van der Waals surface area contributed by atoms with Crippen molar-refractivity contribution in [2.24, 2.45) is 0 Å². The topological polar surface area (TPSA) is 29.5 Å². The van der Waals surface area contributed by atoms with Crippen LogP contribution in [0.3, 0.4) is 0 Å². The molecule has 5 heteroatoms. The Labute approximate surface area is 257 Å². The van der Waals surface area contributed by atoms with Gasteiger partial charge in [-0.2, -0.15) is 0 Å². The molecule has 4 aromatic rings. The first-order valence-electron chi connectivity index (χ1n) is 14.4. The Bertz CT molecular complexity index is 1320. The van der Waals surface area contributed by atoms with E-state index in [1.54, 1.807) is 0 Å². The molecule has 1 aliphatic rings. The number of piperidine rings is 1. The third-order valence-corrected chi connectivity index (χ3v) is 12.3. The van der Waals surface area contributed by atoms with Crippen molar-refractivity contribution in [3.63, 3.8) is 0 Å².